The van der Waals surface area contributed by atoms with E-state index in [1.165, 1.54) is 28.1 Å². The first-order chi connectivity index (χ1) is 9.90. The van der Waals surface area contributed by atoms with E-state index in [0.717, 1.165) is 0 Å². The van der Waals surface area contributed by atoms with Crippen molar-refractivity contribution in [2.75, 3.05) is 27.2 Å². The van der Waals surface area contributed by atoms with Crippen molar-refractivity contribution in [3.05, 3.63) is 29.6 Å². The van der Waals surface area contributed by atoms with Gasteiger partial charge in [-0.1, -0.05) is 5.16 Å². The second-order valence-electron chi connectivity index (χ2n) is 4.52. The van der Waals surface area contributed by atoms with E-state index in [9.17, 15) is 9.59 Å². The van der Waals surface area contributed by atoms with Gasteiger partial charge >= 0.3 is 0 Å². The Bertz CT molecular complexity index is 539. The van der Waals surface area contributed by atoms with Gasteiger partial charge in [0.15, 0.2) is 5.84 Å². The lowest BCUT2D eigenvalue weighted by molar-refractivity contribution is -0.129. The van der Waals surface area contributed by atoms with Crippen molar-refractivity contribution in [1.29, 1.82) is 0 Å². The van der Waals surface area contributed by atoms with E-state index in [0.29, 0.717) is 12.1 Å². The van der Waals surface area contributed by atoms with Crippen LogP contribution in [0, 0.1) is 0 Å². The van der Waals surface area contributed by atoms with Gasteiger partial charge in [-0.15, -0.1) is 0 Å². The van der Waals surface area contributed by atoms with Crippen LogP contribution in [0.4, 0.5) is 0 Å². The number of carbonyl (C=O) groups is 2. The van der Waals surface area contributed by atoms with Crippen molar-refractivity contribution in [3.8, 4) is 0 Å². The number of likely N-dealkylation sites (N-methyl/N-ethyl adjacent to an activating group) is 2. The van der Waals surface area contributed by atoms with Gasteiger partial charge in [0.1, 0.15) is 12.2 Å². The number of pyridine rings is 1. The number of hydrogen-bond donors (Lipinski definition) is 2. The van der Waals surface area contributed by atoms with Crippen LogP contribution in [0.15, 0.2) is 23.5 Å². The summed E-state index contributed by atoms with van der Waals surface area (Å²) in [6.07, 6.45) is 1.34. The highest BCUT2D eigenvalue weighted by Crippen LogP contribution is 2.05. The maximum absolute atomic E-state index is 12.3. The van der Waals surface area contributed by atoms with Gasteiger partial charge in [0.05, 0.1) is 0 Å². The zero-order valence-electron chi connectivity index (χ0n) is 12.3. The number of amides is 2. The van der Waals surface area contributed by atoms with Gasteiger partial charge in [0, 0.05) is 32.4 Å². The van der Waals surface area contributed by atoms with Crippen LogP contribution in [0.1, 0.15) is 23.0 Å². The molecule has 8 nitrogen and oxygen atoms in total. The number of rotatable bonds is 5. The van der Waals surface area contributed by atoms with E-state index in [2.05, 4.69) is 10.1 Å². The third-order valence-corrected chi connectivity index (χ3v) is 2.88. The highest BCUT2D eigenvalue weighted by atomic mass is 16.4. The van der Waals surface area contributed by atoms with Gasteiger partial charge in [-0.25, -0.2) is 0 Å². The van der Waals surface area contributed by atoms with E-state index in [1.54, 1.807) is 21.0 Å². The molecule has 1 aromatic rings. The Kier molecular flexibility index (Phi) is 5.65. The number of carbonyl (C=O) groups excluding carboxylic acids is 2. The Morgan fingerprint density at radius 1 is 1.38 bits per heavy atom. The zero-order valence-corrected chi connectivity index (χ0v) is 12.3. The van der Waals surface area contributed by atoms with Crippen molar-refractivity contribution < 1.29 is 14.8 Å². The molecular formula is C13H19N5O3. The SMILES string of the molecule is CCN(CC(=O)N(C)C)C(=O)c1ccc(C(N)=NO)cn1. The molecule has 2 amide bonds. The summed E-state index contributed by atoms with van der Waals surface area (Å²) in [6, 6.07) is 3.00. The van der Waals surface area contributed by atoms with Crippen molar-refractivity contribution in [2.24, 2.45) is 10.9 Å². The average molecular weight is 293 g/mol. The van der Waals surface area contributed by atoms with Crippen LogP contribution in [0.25, 0.3) is 0 Å². The lowest BCUT2D eigenvalue weighted by Gasteiger charge is -2.21. The third kappa shape index (κ3) is 4.16. The maximum Gasteiger partial charge on any atom is 0.272 e. The zero-order chi connectivity index (χ0) is 16.0. The van der Waals surface area contributed by atoms with Crippen LogP contribution in [0.5, 0.6) is 0 Å². The van der Waals surface area contributed by atoms with E-state index in [4.69, 9.17) is 10.9 Å². The van der Waals surface area contributed by atoms with Crippen LogP contribution < -0.4 is 5.73 Å². The molecule has 3 N–H and O–H groups in total. The number of oxime groups is 1. The van der Waals surface area contributed by atoms with E-state index in [-0.39, 0.29) is 29.9 Å². The van der Waals surface area contributed by atoms with E-state index >= 15 is 0 Å². The van der Waals surface area contributed by atoms with Crippen LogP contribution in [0.2, 0.25) is 0 Å². The molecular weight excluding hydrogens is 274 g/mol. The topological polar surface area (TPSA) is 112 Å². The van der Waals surface area contributed by atoms with Crippen LogP contribution in [-0.2, 0) is 4.79 Å². The quantitative estimate of drug-likeness (QED) is 0.336. The predicted octanol–water partition coefficient (Wildman–Crippen LogP) is -0.274. The minimum absolute atomic E-state index is 0.00793. The van der Waals surface area contributed by atoms with Crippen LogP contribution in [-0.4, -0.2) is 64.8 Å². The summed E-state index contributed by atoms with van der Waals surface area (Å²) in [7, 11) is 3.26. The smallest absolute Gasteiger partial charge is 0.272 e. The number of amidine groups is 1. The molecule has 1 heterocycles. The van der Waals surface area contributed by atoms with Gasteiger partial charge in [0.25, 0.3) is 5.91 Å². The minimum atomic E-state index is -0.348. The molecule has 0 bridgehead atoms. The van der Waals surface area contributed by atoms with Gasteiger partial charge in [-0.2, -0.15) is 0 Å². The minimum Gasteiger partial charge on any atom is -0.409 e. The first-order valence-corrected chi connectivity index (χ1v) is 6.34. The molecule has 1 aromatic heterocycles. The average Bonchev–Trinajstić information content (AvgIpc) is 2.50. The Morgan fingerprint density at radius 2 is 2.05 bits per heavy atom. The molecule has 0 aliphatic carbocycles. The summed E-state index contributed by atoms with van der Waals surface area (Å²) in [5.41, 5.74) is 6.02. The van der Waals surface area contributed by atoms with E-state index < -0.39 is 0 Å². The van der Waals surface area contributed by atoms with Crippen molar-refractivity contribution in [1.82, 2.24) is 14.8 Å². The molecule has 0 aliphatic rings. The molecule has 0 spiro atoms. The van der Waals surface area contributed by atoms with Gasteiger partial charge in [-0.3, -0.25) is 14.6 Å². The fourth-order valence-corrected chi connectivity index (χ4v) is 1.52. The normalized spacial score (nSPS) is 11.1. The molecule has 21 heavy (non-hydrogen) atoms. The van der Waals surface area contributed by atoms with Crippen molar-refractivity contribution in [3.63, 3.8) is 0 Å². The lowest BCUT2D eigenvalue weighted by Crippen LogP contribution is -2.40. The number of aromatic nitrogens is 1. The Balaban J connectivity index is 2.88. The van der Waals surface area contributed by atoms with Crippen LogP contribution >= 0.6 is 0 Å². The largest absolute Gasteiger partial charge is 0.409 e. The summed E-state index contributed by atoms with van der Waals surface area (Å²) < 4.78 is 0. The lowest BCUT2D eigenvalue weighted by atomic mass is 10.2. The standard InChI is InChI=1S/C13H19N5O3/c1-4-18(8-11(19)17(2)3)13(20)10-6-5-9(7-15-10)12(14)16-21/h5-7,21H,4,8H2,1-3H3,(H2,14,16). The highest BCUT2D eigenvalue weighted by Gasteiger charge is 2.19. The first kappa shape index (κ1) is 16.4. The number of nitrogens with two attached hydrogens (primary N) is 1. The third-order valence-electron chi connectivity index (χ3n) is 2.88. The maximum atomic E-state index is 12.3. The molecule has 0 fully saturated rings. The van der Waals surface area contributed by atoms with Gasteiger partial charge < -0.3 is 20.7 Å². The summed E-state index contributed by atoms with van der Waals surface area (Å²) in [5, 5.41) is 11.4. The summed E-state index contributed by atoms with van der Waals surface area (Å²) in [4.78, 5) is 30.7. The van der Waals surface area contributed by atoms with E-state index in [1.807, 2.05) is 0 Å². The summed E-state index contributed by atoms with van der Waals surface area (Å²) in [5.74, 6) is -0.603. The van der Waals surface area contributed by atoms with Crippen molar-refractivity contribution in [2.45, 2.75) is 6.92 Å². The highest BCUT2D eigenvalue weighted by molar-refractivity contribution is 5.98. The molecule has 0 aromatic carbocycles. The van der Waals surface area contributed by atoms with Crippen LogP contribution in [0.3, 0.4) is 0 Å². The second-order valence-corrected chi connectivity index (χ2v) is 4.52. The van der Waals surface area contributed by atoms with Gasteiger partial charge in [0.2, 0.25) is 5.91 Å². The molecule has 8 heteroatoms. The fourth-order valence-electron chi connectivity index (χ4n) is 1.52. The van der Waals surface area contributed by atoms with Gasteiger partial charge in [-0.05, 0) is 19.1 Å². The monoisotopic (exact) mass is 293 g/mol. The molecule has 0 aliphatic heterocycles. The van der Waals surface area contributed by atoms with Crippen molar-refractivity contribution >= 4 is 17.6 Å². The second kappa shape index (κ2) is 7.22. The number of hydrogen-bond acceptors (Lipinski definition) is 5. The Morgan fingerprint density at radius 3 is 2.48 bits per heavy atom. The molecule has 0 saturated heterocycles. The first-order valence-electron chi connectivity index (χ1n) is 6.34. The predicted molar refractivity (Wildman–Crippen MR) is 77.0 cm³/mol. The molecule has 0 atom stereocenters. The molecule has 0 radical (unpaired) electrons. The fraction of sp³-hybridized carbons (Fsp3) is 0.385. The number of nitrogens with zero attached hydrogens (tertiary/aromatic N) is 4. The summed E-state index contributed by atoms with van der Waals surface area (Å²) >= 11 is 0. The Hall–Kier alpha value is -2.64. The molecule has 0 saturated carbocycles. The molecule has 1 rings (SSSR count). The molecule has 114 valence electrons. The summed E-state index contributed by atoms with van der Waals surface area (Å²) in [6.45, 7) is 2.17. The Labute approximate surface area is 122 Å². The molecule has 0 unspecified atom stereocenters.